The van der Waals surface area contributed by atoms with Gasteiger partial charge in [-0.05, 0) is 6.07 Å². The number of hydrogen-bond donors (Lipinski definition) is 2. The summed E-state index contributed by atoms with van der Waals surface area (Å²) in [5, 5.41) is 4.41. The van der Waals surface area contributed by atoms with E-state index in [9.17, 15) is 4.79 Å². The number of fused-ring (bicyclic) bond motifs is 3. The number of para-hydroxylation sites is 1. The summed E-state index contributed by atoms with van der Waals surface area (Å²) in [6.45, 7) is 1.41. The van der Waals surface area contributed by atoms with Crippen molar-refractivity contribution in [2.45, 2.75) is 31.0 Å². The van der Waals surface area contributed by atoms with Crippen LogP contribution in [0.4, 0.5) is 0 Å². The summed E-state index contributed by atoms with van der Waals surface area (Å²) in [5.74, 6) is -0.238. The smallest absolute Gasteiger partial charge is 0.340 e. The number of aromatic nitrogens is 1. The number of carbonyl (C=O) groups excluding carboxylic acids is 1. The molecule has 2 N–H and O–H groups in total. The van der Waals surface area contributed by atoms with Gasteiger partial charge in [-0.1, -0.05) is 18.2 Å². The zero-order valence-electron chi connectivity index (χ0n) is 11.7. The Labute approximate surface area is 122 Å². The molecule has 110 valence electrons. The van der Waals surface area contributed by atoms with Crippen molar-refractivity contribution >= 4 is 16.9 Å². The normalized spacial score (nSPS) is 28.5. The molecule has 0 radical (unpaired) electrons. The first-order chi connectivity index (χ1) is 10.3. The minimum Gasteiger partial charge on any atom is -0.459 e. The topological polar surface area (TPSA) is 63.4 Å². The van der Waals surface area contributed by atoms with E-state index in [0.717, 1.165) is 23.7 Å². The first-order valence-electron chi connectivity index (χ1n) is 7.40. The lowest BCUT2D eigenvalue weighted by atomic mass is 9.94. The monoisotopic (exact) mass is 286 g/mol. The summed E-state index contributed by atoms with van der Waals surface area (Å²) in [4.78, 5) is 15.5. The van der Waals surface area contributed by atoms with Gasteiger partial charge in [-0.15, -0.1) is 0 Å². The third-order valence-corrected chi connectivity index (χ3v) is 4.29. The van der Waals surface area contributed by atoms with E-state index >= 15 is 0 Å². The van der Waals surface area contributed by atoms with E-state index in [0.29, 0.717) is 30.9 Å². The van der Waals surface area contributed by atoms with Gasteiger partial charge in [-0.25, -0.2) is 4.79 Å². The van der Waals surface area contributed by atoms with Crippen LogP contribution in [-0.2, 0) is 9.47 Å². The van der Waals surface area contributed by atoms with Crippen LogP contribution in [0.5, 0.6) is 0 Å². The van der Waals surface area contributed by atoms with Gasteiger partial charge in [0, 0.05) is 42.0 Å². The molecule has 0 amide bonds. The number of rotatable bonds is 2. The van der Waals surface area contributed by atoms with Crippen molar-refractivity contribution in [2.75, 3.05) is 13.2 Å². The number of piperidine rings is 1. The van der Waals surface area contributed by atoms with Gasteiger partial charge in [0.15, 0.2) is 0 Å². The Morgan fingerprint density at radius 3 is 2.76 bits per heavy atom. The average molecular weight is 286 g/mol. The van der Waals surface area contributed by atoms with Crippen molar-refractivity contribution in [3.63, 3.8) is 0 Å². The van der Waals surface area contributed by atoms with Crippen LogP contribution < -0.4 is 5.32 Å². The molecule has 3 atom stereocenters. The highest BCUT2D eigenvalue weighted by molar-refractivity contribution is 6.04. The van der Waals surface area contributed by atoms with Crippen molar-refractivity contribution in [3.8, 4) is 0 Å². The van der Waals surface area contributed by atoms with Crippen LogP contribution in [0.3, 0.4) is 0 Å². The standard InChI is InChI=1S/C16H18N2O3/c19-16(14-7-17-15-4-2-1-3-13(14)15)21-12-5-10-8-20-9-11(6-12)18-10/h1-4,7,10-12,17-18H,5-6,8-9H2/t10-,11+,12?. The lowest BCUT2D eigenvalue weighted by molar-refractivity contribution is -0.0339. The molecule has 2 fully saturated rings. The number of morpholine rings is 1. The highest BCUT2D eigenvalue weighted by Crippen LogP contribution is 2.24. The largest absolute Gasteiger partial charge is 0.459 e. The summed E-state index contributed by atoms with van der Waals surface area (Å²) in [6, 6.07) is 8.38. The van der Waals surface area contributed by atoms with Crippen LogP contribution in [0.15, 0.2) is 30.5 Å². The SMILES string of the molecule is O=C(OC1C[C@H]2COC[C@@H](C1)N2)c1c[nH]c2ccccc12. The van der Waals surface area contributed by atoms with E-state index in [1.165, 1.54) is 0 Å². The highest BCUT2D eigenvalue weighted by atomic mass is 16.5. The maximum atomic E-state index is 12.4. The van der Waals surface area contributed by atoms with Crippen molar-refractivity contribution in [2.24, 2.45) is 0 Å². The second kappa shape index (κ2) is 5.16. The molecular formula is C16H18N2O3. The fourth-order valence-electron chi connectivity index (χ4n) is 3.34. The zero-order valence-corrected chi connectivity index (χ0v) is 11.7. The molecule has 5 heteroatoms. The molecule has 1 unspecified atom stereocenters. The van der Waals surface area contributed by atoms with E-state index in [1.54, 1.807) is 6.20 Å². The number of carbonyl (C=O) groups is 1. The molecule has 2 aliphatic heterocycles. The fraction of sp³-hybridized carbons (Fsp3) is 0.438. The van der Waals surface area contributed by atoms with E-state index < -0.39 is 0 Å². The lowest BCUT2D eigenvalue weighted by Gasteiger charge is -2.39. The van der Waals surface area contributed by atoms with E-state index in [1.807, 2.05) is 24.3 Å². The van der Waals surface area contributed by atoms with Crippen LogP contribution >= 0.6 is 0 Å². The van der Waals surface area contributed by atoms with E-state index in [-0.39, 0.29) is 12.1 Å². The number of nitrogens with one attached hydrogen (secondary N) is 2. The fourth-order valence-corrected chi connectivity index (χ4v) is 3.34. The molecule has 4 rings (SSSR count). The molecule has 21 heavy (non-hydrogen) atoms. The van der Waals surface area contributed by atoms with Crippen molar-refractivity contribution < 1.29 is 14.3 Å². The quantitative estimate of drug-likeness (QED) is 0.827. The second-order valence-electron chi connectivity index (χ2n) is 5.84. The van der Waals surface area contributed by atoms with Crippen LogP contribution in [0.25, 0.3) is 10.9 Å². The molecule has 2 bridgehead atoms. The average Bonchev–Trinajstić information content (AvgIpc) is 2.91. The lowest BCUT2D eigenvalue weighted by Crippen LogP contribution is -2.56. The van der Waals surface area contributed by atoms with Crippen LogP contribution in [0.2, 0.25) is 0 Å². The second-order valence-corrected chi connectivity index (χ2v) is 5.84. The van der Waals surface area contributed by atoms with Gasteiger partial charge >= 0.3 is 5.97 Å². The van der Waals surface area contributed by atoms with Crippen molar-refractivity contribution in [1.82, 2.24) is 10.3 Å². The van der Waals surface area contributed by atoms with Gasteiger partial charge in [0.05, 0.1) is 18.8 Å². The highest BCUT2D eigenvalue weighted by Gasteiger charge is 2.34. The molecule has 3 heterocycles. The Balaban J connectivity index is 1.50. The maximum Gasteiger partial charge on any atom is 0.340 e. The minimum absolute atomic E-state index is 0.0219. The predicted octanol–water partition coefficient (Wildman–Crippen LogP) is 1.84. The van der Waals surface area contributed by atoms with Crippen LogP contribution in [-0.4, -0.2) is 42.4 Å². The van der Waals surface area contributed by atoms with E-state index in [4.69, 9.17) is 9.47 Å². The number of aromatic amines is 1. The van der Waals surface area contributed by atoms with Crippen molar-refractivity contribution in [3.05, 3.63) is 36.0 Å². The Bertz CT molecular complexity index is 654. The minimum atomic E-state index is -0.238. The molecule has 0 aliphatic carbocycles. The van der Waals surface area contributed by atoms with Gasteiger partial charge in [0.2, 0.25) is 0 Å². The van der Waals surface area contributed by atoms with Crippen LogP contribution in [0, 0.1) is 0 Å². The molecule has 0 spiro atoms. The number of hydrogen-bond acceptors (Lipinski definition) is 4. The first kappa shape index (κ1) is 12.9. The Morgan fingerprint density at radius 2 is 1.95 bits per heavy atom. The van der Waals surface area contributed by atoms with Crippen LogP contribution in [0.1, 0.15) is 23.2 Å². The molecular weight excluding hydrogens is 268 g/mol. The number of H-pyrrole nitrogens is 1. The third-order valence-electron chi connectivity index (χ3n) is 4.29. The summed E-state index contributed by atoms with van der Waals surface area (Å²) < 4.78 is 11.2. The molecule has 5 nitrogen and oxygen atoms in total. The van der Waals surface area contributed by atoms with Gasteiger partial charge in [-0.3, -0.25) is 0 Å². The number of benzene rings is 1. The summed E-state index contributed by atoms with van der Waals surface area (Å²) in [6.07, 6.45) is 3.36. The molecule has 2 aliphatic rings. The Morgan fingerprint density at radius 1 is 1.19 bits per heavy atom. The molecule has 0 saturated carbocycles. The van der Waals surface area contributed by atoms with Gasteiger partial charge in [0.25, 0.3) is 0 Å². The first-order valence-corrected chi connectivity index (χ1v) is 7.40. The zero-order chi connectivity index (χ0) is 14.2. The number of esters is 1. The molecule has 1 aromatic carbocycles. The van der Waals surface area contributed by atoms with Gasteiger partial charge in [0.1, 0.15) is 6.10 Å². The summed E-state index contributed by atoms with van der Waals surface area (Å²) in [7, 11) is 0. The number of ether oxygens (including phenoxy) is 2. The molecule has 2 saturated heterocycles. The van der Waals surface area contributed by atoms with E-state index in [2.05, 4.69) is 10.3 Å². The Hall–Kier alpha value is -1.85. The molecule has 1 aromatic heterocycles. The van der Waals surface area contributed by atoms with Gasteiger partial charge in [-0.2, -0.15) is 0 Å². The third kappa shape index (κ3) is 2.43. The predicted molar refractivity (Wildman–Crippen MR) is 78.3 cm³/mol. The van der Waals surface area contributed by atoms with Gasteiger partial charge < -0.3 is 19.8 Å². The Kier molecular flexibility index (Phi) is 3.16. The summed E-state index contributed by atoms with van der Waals surface area (Å²) in [5.41, 5.74) is 1.57. The maximum absolute atomic E-state index is 12.4. The molecule has 2 aromatic rings. The van der Waals surface area contributed by atoms with Crippen molar-refractivity contribution in [1.29, 1.82) is 0 Å². The summed E-state index contributed by atoms with van der Waals surface area (Å²) >= 11 is 0.